The number of alkyl halides is 2. The number of aromatic nitrogens is 2. The molecule has 3 nitrogen and oxygen atoms in total. The van der Waals surface area contributed by atoms with E-state index in [0.717, 1.165) is 5.56 Å². The monoisotopic (exact) mass is 306 g/mol. The van der Waals surface area contributed by atoms with Gasteiger partial charge in [-0.25, -0.2) is 9.97 Å². The molecule has 1 aromatic carbocycles. The second-order valence-electron chi connectivity index (χ2n) is 4.27. The van der Waals surface area contributed by atoms with Crippen LogP contribution in [0.4, 0.5) is 0 Å². The average Bonchev–Trinajstić information content (AvgIpc) is 2.49. The van der Waals surface area contributed by atoms with Gasteiger partial charge in [0.1, 0.15) is 6.33 Å². The van der Waals surface area contributed by atoms with Crippen molar-refractivity contribution < 1.29 is 5.11 Å². The summed E-state index contributed by atoms with van der Waals surface area (Å²) in [4.78, 5) is 7.76. The Bertz CT molecular complexity index is 596. The molecule has 0 bridgehead atoms. The number of halogens is 2. The van der Waals surface area contributed by atoms with E-state index >= 15 is 0 Å². The van der Waals surface area contributed by atoms with Crippen LogP contribution >= 0.6 is 23.2 Å². The fourth-order valence-corrected chi connectivity index (χ4v) is 2.49. The smallest absolute Gasteiger partial charge is 0.187 e. The number of hydrogen-bond acceptors (Lipinski definition) is 3. The number of nitrogens with zero attached hydrogens (tertiary/aromatic N) is 2. The Hall–Kier alpha value is -1.60. The molecule has 0 spiro atoms. The van der Waals surface area contributed by atoms with Crippen molar-refractivity contribution in [2.75, 3.05) is 0 Å². The number of rotatable bonds is 4. The van der Waals surface area contributed by atoms with E-state index in [2.05, 4.69) is 15.9 Å². The molecule has 0 saturated heterocycles. The highest BCUT2D eigenvalue weighted by Crippen LogP contribution is 2.45. The maximum absolute atomic E-state index is 10.6. The summed E-state index contributed by atoms with van der Waals surface area (Å²) in [6.07, 6.45) is 8.79. The number of terminal acetylenes is 1. The van der Waals surface area contributed by atoms with Crippen LogP contribution in [0.25, 0.3) is 0 Å². The van der Waals surface area contributed by atoms with E-state index in [0.29, 0.717) is 5.56 Å². The molecule has 1 aromatic heterocycles. The Labute approximate surface area is 127 Å². The van der Waals surface area contributed by atoms with Crippen molar-refractivity contribution in [1.29, 1.82) is 0 Å². The van der Waals surface area contributed by atoms with Crippen LogP contribution in [-0.4, -0.2) is 19.4 Å². The first-order valence-corrected chi connectivity index (χ1v) is 6.65. The van der Waals surface area contributed by atoms with Gasteiger partial charge < -0.3 is 5.11 Å². The average molecular weight is 307 g/mol. The summed E-state index contributed by atoms with van der Waals surface area (Å²) in [5.74, 6) is 1.63. The van der Waals surface area contributed by atoms with Gasteiger partial charge >= 0.3 is 0 Å². The van der Waals surface area contributed by atoms with Crippen LogP contribution in [0, 0.1) is 12.3 Å². The van der Waals surface area contributed by atoms with Gasteiger partial charge in [-0.15, -0.1) is 6.42 Å². The van der Waals surface area contributed by atoms with E-state index in [1.165, 1.54) is 18.7 Å². The maximum atomic E-state index is 10.6. The third-order valence-corrected chi connectivity index (χ3v) is 3.67. The van der Waals surface area contributed by atoms with Crippen LogP contribution in [0.15, 0.2) is 49.1 Å². The summed E-state index contributed by atoms with van der Waals surface area (Å²) < 4.78 is -1.55. The SMILES string of the molecule is C#CC(Cl)(Cl)C(c1ccccc1)C(O)c1cncnc1. The second-order valence-corrected chi connectivity index (χ2v) is 5.66. The summed E-state index contributed by atoms with van der Waals surface area (Å²) in [5.41, 5.74) is 1.24. The predicted octanol–water partition coefficient (Wildman–Crippen LogP) is 3.10. The molecule has 20 heavy (non-hydrogen) atoms. The van der Waals surface area contributed by atoms with E-state index in [4.69, 9.17) is 29.6 Å². The predicted molar refractivity (Wildman–Crippen MR) is 79.4 cm³/mol. The lowest BCUT2D eigenvalue weighted by molar-refractivity contribution is 0.142. The van der Waals surface area contributed by atoms with Crippen LogP contribution in [0.5, 0.6) is 0 Å². The molecule has 0 radical (unpaired) electrons. The molecule has 1 N–H and O–H groups in total. The van der Waals surface area contributed by atoms with Gasteiger partial charge in [-0.05, 0) is 5.56 Å². The molecule has 2 unspecified atom stereocenters. The van der Waals surface area contributed by atoms with E-state index < -0.39 is 16.4 Å². The van der Waals surface area contributed by atoms with Gasteiger partial charge in [0.2, 0.25) is 0 Å². The zero-order valence-corrected chi connectivity index (χ0v) is 12.0. The second kappa shape index (κ2) is 6.23. The van der Waals surface area contributed by atoms with E-state index in [9.17, 15) is 5.11 Å². The minimum absolute atomic E-state index is 0.502. The van der Waals surface area contributed by atoms with Gasteiger partial charge in [0.25, 0.3) is 0 Å². The van der Waals surface area contributed by atoms with Crippen LogP contribution in [0.3, 0.4) is 0 Å². The standard InChI is InChI=1S/C15H12Cl2N2O/c1-2-15(16,17)13(11-6-4-3-5-7-11)14(20)12-8-18-10-19-9-12/h1,3-10,13-14,20H. The molecule has 0 fully saturated rings. The van der Waals surface area contributed by atoms with Gasteiger partial charge in [-0.3, -0.25) is 0 Å². The summed E-state index contributed by atoms with van der Waals surface area (Å²) in [6, 6.07) is 9.15. The van der Waals surface area contributed by atoms with Crippen LogP contribution < -0.4 is 0 Å². The quantitative estimate of drug-likeness (QED) is 0.697. The van der Waals surface area contributed by atoms with Crippen molar-refractivity contribution in [3.8, 4) is 12.3 Å². The molecule has 1 heterocycles. The zero-order valence-electron chi connectivity index (χ0n) is 10.4. The molecule has 2 aromatic rings. The normalized spacial score (nSPS) is 14.3. The van der Waals surface area contributed by atoms with E-state index in [1.807, 2.05) is 30.3 Å². The molecule has 0 aliphatic carbocycles. The third kappa shape index (κ3) is 3.10. The molecule has 0 amide bonds. The van der Waals surface area contributed by atoms with Crippen molar-refractivity contribution in [1.82, 2.24) is 9.97 Å². The fraction of sp³-hybridized carbons (Fsp3) is 0.200. The Balaban J connectivity index is 2.46. The Morgan fingerprint density at radius 3 is 2.25 bits per heavy atom. The van der Waals surface area contributed by atoms with Crippen molar-refractivity contribution in [2.45, 2.75) is 16.4 Å². The first kappa shape index (κ1) is 14.8. The molecule has 102 valence electrons. The van der Waals surface area contributed by atoms with E-state index in [1.54, 1.807) is 0 Å². The number of aliphatic hydroxyl groups excluding tert-OH is 1. The van der Waals surface area contributed by atoms with Crippen molar-refractivity contribution in [3.63, 3.8) is 0 Å². The Kier molecular flexibility index (Phi) is 4.61. The van der Waals surface area contributed by atoms with Crippen LogP contribution in [-0.2, 0) is 0 Å². The summed E-state index contributed by atoms with van der Waals surface area (Å²) in [7, 11) is 0. The van der Waals surface area contributed by atoms with Crippen LogP contribution in [0.1, 0.15) is 23.1 Å². The van der Waals surface area contributed by atoms with Crippen molar-refractivity contribution in [2.24, 2.45) is 0 Å². The highest BCUT2D eigenvalue weighted by atomic mass is 35.5. The van der Waals surface area contributed by atoms with Crippen LogP contribution in [0.2, 0.25) is 0 Å². The number of benzene rings is 1. The first-order valence-electron chi connectivity index (χ1n) is 5.90. The van der Waals surface area contributed by atoms with Crippen molar-refractivity contribution >= 4 is 23.2 Å². The largest absolute Gasteiger partial charge is 0.388 e. The lowest BCUT2D eigenvalue weighted by Gasteiger charge is -2.30. The molecule has 0 aliphatic heterocycles. The molecule has 2 atom stereocenters. The molecular weight excluding hydrogens is 295 g/mol. The highest BCUT2D eigenvalue weighted by Gasteiger charge is 2.40. The summed E-state index contributed by atoms with van der Waals surface area (Å²) >= 11 is 12.4. The van der Waals surface area contributed by atoms with Crippen molar-refractivity contribution in [3.05, 3.63) is 60.2 Å². The highest BCUT2D eigenvalue weighted by molar-refractivity contribution is 6.51. The minimum atomic E-state index is -1.55. The van der Waals surface area contributed by atoms with E-state index in [-0.39, 0.29) is 0 Å². The van der Waals surface area contributed by atoms with Gasteiger partial charge in [-0.2, -0.15) is 0 Å². The van der Waals surface area contributed by atoms with Gasteiger partial charge in [0.15, 0.2) is 4.33 Å². The lowest BCUT2D eigenvalue weighted by Crippen LogP contribution is -2.28. The third-order valence-electron chi connectivity index (χ3n) is 2.98. The molecule has 0 saturated carbocycles. The summed E-state index contributed by atoms with van der Waals surface area (Å²) in [6.45, 7) is 0. The molecule has 2 rings (SSSR count). The topological polar surface area (TPSA) is 46.0 Å². The summed E-state index contributed by atoms with van der Waals surface area (Å²) in [5, 5.41) is 10.6. The number of hydrogen-bond donors (Lipinski definition) is 1. The number of aliphatic hydroxyl groups is 1. The lowest BCUT2D eigenvalue weighted by atomic mass is 9.87. The Morgan fingerprint density at radius 1 is 1.10 bits per heavy atom. The zero-order chi connectivity index (χ0) is 14.6. The van der Waals surface area contributed by atoms with Gasteiger partial charge in [-0.1, -0.05) is 59.5 Å². The Morgan fingerprint density at radius 2 is 1.70 bits per heavy atom. The maximum Gasteiger partial charge on any atom is 0.187 e. The molecule has 0 aliphatic rings. The molecular formula is C15H12Cl2N2O. The molecule has 5 heteroatoms. The van der Waals surface area contributed by atoms with Gasteiger partial charge in [0, 0.05) is 18.0 Å². The van der Waals surface area contributed by atoms with Gasteiger partial charge in [0.05, 0.1) is 12.0 Å². The fourth-order valence-electron chi connectivity index (χ4n) is 2.00. The first-order chi connectivity index (χ1) is 9.56. The minimum Gasteiger partial charge on any atom is -0.388 e.